The van der Waals surface area contributed by atoms with Crippen molar-refractivity contribution >= 4 is 23.8 Å². The maximum absolute atomic E-state index is 11.3. The zero-order valence-electron chi connectivity index (χ0n) is 6.68. The summed E-state index contributed by atoms with van der Waals surface area (Å²) in [4.78, 5) is 21.9. The maximum atomic E-state index is 11.3. The molecule has 0 fully saturated rings. The van der Waals surface area contributed by atoms with Gasteiger partial charge in [0.05, 0.1) is 0 Å². The number of imide groups is 1. The van der Waals surface area contributed by atoms with Gasteiger partial charge in [0.2, 0.25) is 0 Å². The number of nitrogens with two attached hydrogens (primary N) is 1. The predicted molar refractivity (Wildman–Crippen MR) is 51.2 cm³/mol. The van der Waals surface area contributed by atoms with Crippen molar-refractivity contribution in [1.82, 2.24) is 5.01 Å². The lowest BCUT2D eigenvalue weighted by molar-refractivity contribution is 0.0821. The lowest BCUT2D eigenvalue weighted by Gasteiger charge is -2.10. The molecule has 0 aromatic heterocycles. The van der Waals surface area contributed by atoms with Crippen molar-refractivity contribution in [2.24, 2.45) is 5.84 Å². The number of hydrogen-bond acceptors (Lipinski definition) is 3. The molecule has 0 spiro atoms. The van der Waals surface area contributed by atoms with Crippen LogP contribution < -0.4 is 5.84 Å². The first kappa shape index (κ1) is 9.76. The van der Waals surface area contributed by atoms with Gasteiger partial charge in [-0.25, -0.2) is 10.9 Å². The van der Waals surface area contributed by atoms with Gasteiger partial charge in [0.15, 0.2) is 0 Å². The molecule has 1 aromatic carbocycles. The second kappa shape index (κ2) is 4.06. The van der Waals surface area contributed by atoms with E-state index in [1.54, 1.807) is 30.3 Å². The quantitative estimate of drug-likeness (QED) is 0.305. The molecule has 0 aliphatic carbocycles. The van der Waals surface area contributed by atoms with Crippen molar-refractivity contribution < 1.29 is 9.59 Å². The topological polar surface area (TPSA) is 63.4 Å². The molecule has 0 unspecified atom stereocenters. The van der Waals surface area contributed by atoms with E-state index in [4.69, 9.17) is 5.84 Å². The Morgan fingerprint density at radius 2 is 1.77 bits per heavy atom. The van der Waals surface area contributed by atoms with Crippen LogP contribution in [0.3, 0.4) is 0 Å². The fourth-order valence-corrected chi connectivity index (χ4v) is 0.898. The molecule has 0 atom stereocenters. The summed E-state index contributed by atoms with van der Waals surface area (Å²) in [5, 5.41) is -0.327. The Labute approximate surface area is 80.7 Å². The van der Waals surface area contributed by atoms with Crippen LogP contribution in [0.1, 0.15) is 10.4 Å². The zero-order chi connectivity index (χ0) is 9.84. The summed E-state index contributed by atoms with van der Waals surface area (Å²) in [5.74, 6) is 4.58. The van der Waals surface area contributed by atoms with Crippen LogP contribution in [0.25, 0.3) is 0 Å². The molecule has 0 saturated carbocycles. The second-order valence-corrected chi connectivity index (χ2v) is 2.71. The normalized spacial score (nSPS) is 9.38. The smallest absolute Gasteiger partial charge is 0.267 e. The molecule has 0 radical (unpaired) electrons. The first-order valence-electron chi connectivity index (χ1n) is 3.50. The largest absolute Gasteiger partial charge is 0.299 e. The number of nitrogens with zero attached hydrogens (tertiary/aromatic N) is 1. The van der Waals surface area contributed by atoms with Crippen molar-refractivity contribution in [3.05, 3.63) is 35.9 Å². The fraction of sp³-hybridized carbons (Fsp3) is 0. The van der Waals surface area contributed by atoms with Gasteiger partial charge in [-0.3, -0.25) is 9.59 Å². The summed E-state index contributed by atoms with van der Waals surface area (Å²) in [6, 6.07) is 8.27. The lowest BCUT2D eigenvalue weighted by Crippen LogP contribution is -2.39. The summed E-state index contributed by atoms with van der Waals surface area (Å²) < 4.78 is 0. The lowest BCUT2D eigenvalue weighted by atomic mass is 10.2. The molecule has 0 aliphatic rings. The summed E-state index contributed by atoms with van der Waals surface area (Å²) in [6.45, 7) is 0. The number of hydrazine groups is 1. The number of carbonyl (C=O) groups is 2. The Kier molecular flexibility index (Phi) is 3.05. The Bertz CT molecular complexity index is 326. The second-order valence-electron chi connectivity index (χ2n) is 2.32. The third-order valence-corrected chi connectivity index (χ3v) is 1.66. The van der Waals surface area contributed by atoms with E-state index in [-0.39, 0.29) is 0 Å². The molecule has 0 bridgehead atoms. The molecule has 4 nitrogen and oxygen atoms in total. The van der Waals surface area contributed by atoms with Crippen molar-refractivity contribution in [2.75, 3.05) is 0 Å². The molecule has 2 amide bonds. The van der Waals surface area contributed by atoms with Crippen molar-refractivity contribution in [3.63, 3.8) is 0 Å². The Morgan fingerprint density at radius 1 is 1.23 bits per heavy atom. The SMILES string of the molecule is NN(C(=O)S)C(=O)c1ccccc1. The first-order valence-corrected chi connectivity index (χ1v) is 3.95. The minimum absolute atomic E-state index is 0.354. The van der Waals surface area contributed by atoms with E-state index >= 15 is 0 Å². The molecule has 0 heterocycles. The highest BCUT2D eigenvalue weighted by atomic mass is 32.1. The molecule has 0 saturated heterocycles. The number of benzene rings is 1. The van der Waals surface area contributed by atoms with Gasteiger partial charge in [0.25, 0.3) is 11.1 Å². The van der Waals surface area contributed by atoms with E-state index in [1.807, 2.05) is 0 Å². The zero-order valence-corrected chi connectivity index (χ0v) is 7.57. The average Bonchev–Trinajstić information content (AvgIpc) is 2.17. The van der Waals surface area contributed by atoms with Gasteiger partial charge < -0.3 is 0 Å². The van der Waals surface area contributed by atoms with E-state index in [2.05, 4.69) is 12.6 Å². The van der Waals surface area contributed by atoms with Gasteiger partial charge in [-0.15, -0.1) is 0 Å². The molecule has 68 valence electrons. The van der Waals surface area contributed by atoms with Crippen LogP contribution in [0.2, 0.25) is 0 Å². The Morgan fingerprint density at radius 3 is 2.23 bits per heavy atom. The third-order valence-electron chi connectivity index (χ3n) is 1.45. The number of rotatable bonds is 1. The van der Waals surface area contributed by atoms with E-state index in [0.717, 1.165) is 0 Å². The van der Waals surface area contributed by atoms with Gasteiger partial charge in [-0.1, -0.05) is 30.8 Å². The van der Waals surface area contributed by atoms with Crippen LogP contribution >= 0.6 is 12.6 Å². The van der Waals surface area contributed by atoms with Crippen LogP contribution in [0.4, 0.5) is 4.79 Å². The molecule has 2 N–H and O–H groups in total. The van der Waals surface area contributed by atoms with Crippen molar-refractivity contribution in [2.45, 2.75) is 0 Å². The third kappa shape index (κ3) is 2.30. The predicted octanol–water partition coefficient (Wildman–Crippen LogP) is 1.05. The van der Waals surface area contributed by atoms with E-state index in [9.17, 15) is 9.59 Å². The van der Waals surface area contributed by atoms with Crippen LogP contribution in [-0.4, -0.2) is 16.2 Å². The Balaban J connectivity index is 2.86. The molecule has 0 aliphatic heterocycles. The fourth-order valence-electron chi connectivity index (χ4n) is 0.807. The van der Waals surface area contributed by atoms with Crippen LogP contribution in [0, 0.1) is 0 Å². The summed E-state index contributed by atoms with van der Waals surface area (Å²) in [6.07, 6.45) is 0. The van der Waals surface area contributed by atoms with Crippen molar-refractivity contribution in [1.29, 1.82) is 0 Å². The minimum Gasteiger partial charge on any atom is -0.267 e. The standard InChI is InChI=1S/C8H8N2O2S/c9-10(8(12)13)7(11)6-4-2-1-3-5-6/h1-5H,9H2,(H,12,13). The minimum atomic E-state index is -0.783. The summed E-state index contributed by atoms with van der Waals surface area (Å²) >= 11 is 3.42. The number of amides is 2. The van der Waals surface area contributed by atoms with Gasteiger partial charge in [0, 0.05) is 5.56 Å². The molecular formula is C8H8N2O2S. The highest BCUT2D eigenvalue weighted by molar-refractivity contribution is 7.96. The van der Waals surface area contributed by atoms with Gasteiger partial charge >= 0.3 is 0 Å². The van der Waals surface area contributed by atoms with Gasteiger partial charge in [-0.05, 0) is 12.1 Å². The molecule has 5 heteroatoms. The van der Waals surface area contributed by atoms with E-state index in [1.165, 1.54) is 0 Å². The summed E-state index contributed by atoms with van der Waals surface area (Å²) in [5.41, 5.74) is 0.354. The van der Waals surface area contributed by atoms with E-state index < -0.39 is 11.1 Å². The monoisotopic (exact) mass is 196 g/mol. The first-order chi connectivity index (χ1) is 6.13. The summed E-state index contributed by atoms with van der Waals surface area (Å²) in [7, 11) is 0. The Hall–Kier alpha value is -1.33. The van der Waals surface area contributed by atoms with Gasteiger partial charge in [0.1, 0.15) is 0 Å². The van der Waals surface area contributed by atoms with Crippen LogP contribution in [0.15, 0.2) is 30.3 Å². The van der Waals surface area contributed by atoms with Crippen molar-refractivity contribution in [3.8, 4) is 0 Å². The van der Waals surface area contributed by atoms with Gasteiger partial charge in [-0.2, -0.15) is 0 Å². The number of thiol groups is 1. The highest BCUT2D eigenvalue weighted by Gasteiger charge is 2.15. The molecule has 1 aromatic rings. The van der Waals surface area contributed by atoms with Crippen LogP contribution in [-0.2, 0) is 0 Å². The highest BCUT2D eigenvalue weighted by Crippen LogP contribution is 2.02. The number of hydrogen-bond donors (Lipinski definition) is 2. The maximum Gasteiger partial charge on any atom is 0.299 e. The van der Waals surface area contributed by atoms with Crippen LogP contribution in [0.5, 0.6) is 0 Å². The van der Waals surface area contributed by atoms with E-state index in [0.29, 0.717) is 10.6 Å². The molecular weight excluding hydrogens is 188 g/mol. The average molecular weight is 196 g/mol. The molecule has 1 rings (SSSR count). The number of carbonyl (C=O) groups excluding carboxylic acids is 2. The molecule has 13 heavy (non-hydrogen) atoms.